The monoisotopic (exact) mass is 309 g/mol. The zero-order chi connectivity index (χ0) is 15.5. The smallest absolute Gasteiger partial charge is 0.245 e. The van der Waals surface area contributed by atoms with Gasteiger partial charge < -0.3 is 20.3 Å². The normalized spacial score (nSPS) is 32.6. The van der Waals surface area contributed by atoms with Gasteiger partial charge in [0.2, 0.25) is 11.8 Å². The van der Waals surface area contributed by atoms with E-state index in [1.807, 2.05) is 0 Å². The van der Waals surface area contributed by atoms with Gasteiger partial charge in [-0.15, -0.1) is 0 Å². The molecule has 0 aromatic heterocycles. The highest BCUT2D eigenvalue weighted by Crippen LogP contribution is 2.32. The van der Waals surface area contributed by atoms with E-state index >= 15 is 0 Å². The Labute approximate surface area is 131 Å². The molecular formula is C16H27N3O3. The molecule has 6 nitrogen and oxygen atoms in total. The van der Waals surface area contributed by atoms with Gasteiger partial charge in [0.05, 0.1) is 13.2 Å². The first-order chi connectivity index (χ1) is 10.6. The van der Waals surface area contributed by atoms with Crippen LogP contribution in [0.3, 0.4) is 0 Å². The summed E-state index contributed by atoms with van der Waals surface area (Å²) in [5, 5.41) is 6.47. The summed E-state index contributed by atoms with van der Waals surface area (Å²) in [5.74, 6) is 0.479. The number of piperidine rings is 1. The molecule has 3 saturated heterocycles. The molecule has 3 aliphatic rings. The zero-order valence-corrected chi connectivity index (χ0v) is 13.3. The summed E-state index contributed by atoms with van der Waals surface area (Å²) in [5.41, 5.74) is 0. The summed E-state index contributed by atoms with van der Waals surface area (Å²) in [6.45, 7) is 4.20. The van der Waals surface area contributed by atoms with E-state index in [-0.39, 0.29) is 11.8 Å². The maximum Gasteiger partial charge on any atom is 0.245 e. The molecule has 0 saturated carbocycles. The fourth-order valence-corrected chi connectivity index (χ4v) is 4.02. The number of carbonyl (C=O) groups is 2. The van der Waals surface area contributed by atoms with Gasteiger partial charge in [-0.25, -0.2) is 0 Å². The lowest BCUT2D eigenvalue weighted by molar-refractivity contribution is -0.139. The third kappa shape index (κ3) is 3.79. The van der Waals surface area contributed by atoms with E-state index in [4.69, 9.17) is 4.74 Å². The summed E-state index contributed by atoms with van der Waals surface area (Å²) >= 11 is 0. The third-order valence-corrected chi connectivity index (χ3v) is 5.12. The second kappa shape index (κ2) is 6.96. The predicted octanol–water partition coefficient (Wildman–Crippen LogP) is 0.271. The van der Waals surface area contributed by atoms with Gasteiger partial charge in [0.1, 0.15) is 6.04 Å². The van der Waals surface area contributed by atoms with Crippen LogP contribution in [0.1, 0.15) is 39.0 Å². The Balaban J connectivity index is 1.43. The number of hydrogen-bond acceptors (Lipinski definition) is 4. The molecule has 3 atom stereocenters. The van der Waals surface area contributed by atoms with Gasteiger partial charge in [0.25, 0.3) is 0 Å². The van der Waals surface area contributed by atoms with Crippen molar-refractivity contribution in [3.63, 3.8) is 0 Å². The van der Waals surface area contributed by atoms with Gasteiger partial charge in [-0.2, -0.15) is 0 Å². The molecular weight excluding hydrogens is 282 g/mol. The summed E-state index contributed by atoms with van der Waals surface area (Å²) < 4.78 is 5.25. The topological polar surface area (TPSA) is 70.7 Å². The number of fused-ring (bicyclic) bond motifs is 2. The molecule has 3 heterocycles. The molecule has 3 unspecified atom stereocenters. The van der Waals surface area contributed by atoms with Crippen molar-refractivity contribution in [2.75, 3.05) is 26.3 Å². The molecule has 6 heteroatoms. The Morgan fingerprint density at radius 3 is 2.50 bits per heavy atom. The Morgan fingerprint density at radius 2 is 1.86 bits per heavy atom. The highest BCUT2D eigenvalue weighted by molar-refractivity contribution is 5.87. The van der Waals surface area contributed by atoms with Crippen molar-refractivity contribution in [1.29, 1.82) is 0 Å². The van der Waals surface area contributed by atoms with E-state index in [1.165, 1.54) is 12.8 Å². The van der Waals surface area contributed by atoms with Crippen LogP contribution in [-0.4, -0.2) is 61.1 Å². The minimum absolute atomic E-state index is 0.00188. The van der Waals surface area contributed by atoms with Crippen LogP contribution in [0.2, 0.25) is 0 Å². The highest BCUT2D eigenvalue weighted by atomic mass is 16.5. The average Bonchev–Trinajstić information content (AvgIpc) is 2.86. The van der Waals surface area contributed by atoms with E-state index in [0.29, 0.717) is 50.7 Å². The van der Waals surface area contributed by atoms with E-state index in [9.17, 15) is 9.59 Å². The minimum Gasteiger partial charge on any atom is -0.378 e. The molecule has 2 N–H and O–H groups in total. The van der Waals surface area contributed by atoms with Gasteiger partial charge in [-0.1, -0.05) is 0 Å². The number of hydrogen-bond donors (Lipinski definition) is 2. The van der Waals surface area contributed by atoms with Gasteiger partial charge in [-0.05, 0) is 38.5 Å². The van der Waals surface area contributed by atoms with E-state index < -0.39 is 6.04 Å². The molecule has 3 fully saturated rings. The first-order valence-electron chi connectivity index (χ1n) is 8.54. The zero-order valence-electron chi connectivity index (χ0n) is 13.3. The van der Waals surface area contributed by atoms with Crippen LogP contribution in [0.15, 0.2) is 0 Å². The molecule has 0 spiro atoms. The van der Waals surface area contributed by atoms with Crippen molar-refractivity contribution >= 4 is 11.8 Å². The Hall–Kier alpha value is -1.14. The third-order valence-electron chi connectivity index (χ3n) is 5.12. The molecule has 0 radical (unpaired) electrons. The molecule has 2 bridgehead atoms. The minimum atomic E-state index is -0.441. The van der Waals surface area contributed by atoms with Crippen LogP contribution in [0, 0.1) is 5.92 Å². The van der Waals surface area contributed by atoms with Crippen molar-refractivity contribution in [3.8, 4) is 0 Å². The number of nitrogens with zero attached hydrogens (tertiary/aromatic N) is 1. The summed E-state index contributed by atoms with van der Waals surface area (Å²) in [6, 6.07) is 0.761. The van der Waals surface area contributed by atoms with Crippen molar-refractivity contribution in [2.24, 2.45) is 5.92 Å². The number of amides is 2. The van der Waals surface area contributed by atoms with Crippen LogP contribution < -0.4 is 10.6 Å². The fraction of sp³-hybridized carbons (Fsp3) is 0.875. The predicted molar refractivity (Wildman–Crippen MR) is 82.3 cm³/mol. The lowest BCUT2D eigenvalue weighted by Crippen LogP contribution is -2.50. The van der Waals surface area contributed by atoms with Crippen LogP contribution in [0.5, 0.6) is 0 Å². The van der Waals surface area contributed by atoms with E-state index in [1.54, 1.807) is 11.8 Å². The molecule has 0 aromatic carbocycles. The van der Waals surface area contributed by atoms with Crippen molar-refractivity contribution in [2.45, 2.75) is 57.2 Å². The maximum absolute atomic E-state index is 12.3. The molecule has 124 valence electrons. The number of carbonyl (C=O) groups excluding carboxylic acids is 2. The quantitative estimate of drug-likeness (QED) is 0.782. The number of morpholine rings is 1. The van der Waals surface area contributed by atoms with E-state index in [0.717, 1.165) is 12.8 Å². The second-order valence-electron chi connectivity index (χ2n) is 6.91. The number of rotatable bonds is 4. The molecule has 3 aliphatic heterocycles. The summed E-state index contributed by atoms with van der Waals surface area (Å²) in [6.07, 6.45) is 5.23. The first-order valence-corrected chi connectivity index (χ1v) is 8.54. The van der Waals surface area contributed by atoms with Crippen LogP contribution in [0.4, 0.5) is 0 Å². The lowest BCUT2D eigenvalue weighted by Gasteiger charge is -2.31. The summed E-state index contributed by atoms with van der Waals surface area (Å²) in [4.78, 5) is 26.3. The Morgan fingerprint density at radius 1 is 1.23 bits per heavy atom. The van der Waals surface area contributed by atoms with Crippen LogP contribution in [0.25, 0.3) is 0 Å². The summed E-state index contributed by atoms with van der Waals surface area (Å²) in [7, 11) is 0. The number of ether oxygens (including phenoxy) is 1. The van der Waals surface area contributed by atoms with Crippen molar-refractivity contribution in [1.82, 2.24) is 15.5 Å². The Kier molecular flexibility index (Phi) is 4.98. The average molecular weight is 309 g/mol. The lowest BCUT2D eigenvalue weighted by atomic mass is 9.89. The van der Waals surface area contributed by atoms with Crippen molar-refractivity contribution in [3.05, 3.63) is 0 Å². The van der Waals surface area contributed by atoms with Crippen molar-refractivity contribution < 1.29 is 14.3 Å². The molecule has 0 aromatic rings. The molecule has 22 heavy (non-hydrogen) atoms. The maximum atomic E-state index is 12.3. The molecule has 3 rings (SSSR count). The SMILES string of the molecule is CC(NC(=O)CC1CC2CCC(C1)N2)C(=O)N1CCOCC1. The standard InChI is InChI=1S/C16H27N3O3/c1-11(16(21)19-4-6-22-7-5-19)17-15(20)10-12-8-13-2-3-14(9-12)18-13/h11-14,18H,2-10H2,1H3,(H,17,20). The Bertz CT molecular complexity index is 411. The van der Waals surface area contributed by atoms with Gasteiger partial charge >= 0.3 is 0 Å². The van der Waals surface area contributed by atoms with E-state index in [2.05, 4.69) is 10.6 Å². The first kappa shape index (κ1) is 15.7. The highest BCUT2D eigenvalue weighted by Gasteiger charge is 2.34. The molecule has 0 aliphatic carbocycles. The number of nitrogens with one attached hydrogen (secondary N) is 2. The molecule has 2 amide bonds. The van der Waals surface area contributed by atoms with Crippen LogP contribution in [-0.2, 0) is 14.3 Å². The fourth-order valence-electron chi connectivity index (χ4n) is 4.02. The van der Waals surface area contributed by atoms with Gasteiger partial charge in [0, 0.05) is 31.6 Å². The second-order valence-corrected chi connectivity index (χ2v) is 6.91. The van der Waals surface area contributed by atoms with Crippen LogP contribution >= 0.6 is 0 Å². The largest absolute Gasteiger partial charge is 0.378 e. The van der Waals surface area contributed by atoms with Gasteiger partial charge in [0.15, 0.2) is 0 Å². The van der Waals surface area contributed by atoms with Gasteiger partial charge in [-0.3, -0.25) is 9.59 Å².